The zero-order valence-corrected chi connectivity index (χ0v) is 20.0. The number of ether oxygens (including phenoxy) is 1. The zero-order valence-electron chi connectivity index (χ0n) is 20.0. The average Bonchev–Trinajstić information content (AvgIpc) is 2.81. The molecule has 0 aliphatic heterocycles. The summed E-state index contributed by atoms with van der Waals surface area (Å²) in [5.74, 6) is 0.916. The van der Waals surface area contributed by atoms with Crippen LogP contribution in [0.4, 0.5) is 36.3 Å². The maximum atomic E-state index is 13.7. The van der Waals surface area contributed by atoms with Crippen LogP contribution < -0.4 is 15.4 Å². The van der Waals surface area contributed by atoms with Crippen LogP contribution in [0.15, 0.2) is 54.7 Å². The average molecular weight is 485 g/mol. The van der Waals surface area contributed by atoms with Gasteiger partial charge in [0.15, 0.2) is 0 Å². The van der Waals surface area contributed by atoms with Crippen LogP contribution in [-0.2, 0) is 12.6 Å². The van der Waals surface area contributed by atoms with E-state index in [1.165, 1.54) is 19.3 Å². The van der Waals surface area contributed by atoms with E-state index in [1.807, 2.05) is 36.4 Å². The van der Waals surface area contributed by atoms with Crippen molar-refractivity contribution in [2.45, 2.75) is 64.7 Å². The molecule has 1 aliphatic carbocycles. The third-order valence-electron chi connectivity index (χ3n) is 5.96. The third-order valence-corrected chi connectivity index (χ3v) is 5.96. The second-order valence-electron chi connectivity index (χ2n) is 9.36. The van der Waals surface area contributed by atoms with Crippen LogP contribution in [0.2, 0.25) is 0 Å². The van der Waals surface area contributed by atoms with Crippen LogP contribution in [0.3, 0.4) is 0 Å². The van der Waals surface area contributed by atoms with E-state index in [1.54, 1.807) is 12.1 Å². The summed E-state index contributed by atoms with van der Waals surface area (Å²) in [6, 6.07) is 14.7. The maximum Gasteiger partial charge on any atom is 0.421 e. The first-order valence-corrected chi connectivity index (χ1v) is 12.1. The van der Waals surface area contributed by atoms with E-state index >= 15 is 0 Å². The van der Waals surface area contributed by atoms with Gasteiger partial charge in [-0.25, -0.2) is 4.98 Å². The van der Waals surface area contributed by atoms with E-state index in [0.29, 0.717) is 17.3 Å². The van der Waals surface area contributed by atoms with E-state index in [-0.39, 0.29) is 17.9 Å². The SMILES string of the molecule is CC(C)Cc1ccccc1Nc1nc(Nc2ccc(OC3CCCCC3)cc2)ncc1C(F)(F)F. The summed E-state index contributed by atoms with van der Waals surface area (Å²) in [5, 5.41) is 5.90. The Bertz CT molecular complexity index is 1110. The monoisotopic (exact) mass is 484 g/mol. The lowest BCUT2D eigenvalue weighted by molar-refractivity contribution is -0.137. The molecular formula is C27H31F3N4O. The zero-order chi connectivity index (χ0) is 24.8. The molecular weight excluding hydrogens is 453 g/mol. The molecule has 0 atom stereocenters. The third kappa shape index (κ3) is 6.87. The molecule has 0 radical (unpaired) electrons. The highest BCUT2D eigenvalue weighted by Gasteiger charge is 2.35. The van der Waals surface area contributed by atoms with Gasteiger partial charge < -0.3 is 15.4 Å². The highest BCUT2D eigenvalue weighted by Crippen LogP contribution is 2.36. The fraction of sp³-hybridized carbons (Fsp3) is 0.407. The molecule has 0 spiro atoms. The summed E-state index contributed by atoms with van der Waals surface area (Å²) < 4.78 is 47.2. The van der Waals surface area contributed by atoms with E-state index < -0.39 is 11.7 Å². The molecule has 186 valence electrons. The topological polar surface area (TPSA) is 59.1 Å². The lowest BCUT2D eigenvalue weighted by atomic mass is 9.98. The van der Waals surface area contributed by atoms with Gasteiger partial charge in [-0.1, -0.05) is 38.5 Å². The molecule has 1 aliphatic rings. The molecule has 0 bridgehead atoms. The summed E-state index contributed by atoms with van der Waals surface area (Å²) in [6.45, 7) is 4.13. The Kier molecular flexibility index (Phi) is 7.78. The van der Waals surface area contributed by atoms with Crippen molar-refractivity contribution in [3.63, 3.8) is 0 Å². The minimum atomic E-state index is -4.59. The highest BCUT2D eigenvalue weighted by molar-refractivity contribution is 5.65. The quantitative estimate of drug-likeness (QED) is 0.340. The molecule has 8 heteroatoms. The predicted molar refractivity (Wildman–Crippen MR) is 133 cm³/mol. The van der Waals surface area contributed by atoms with Crippen molar-refractivity contribution in [3.05, 3.63) is 65.9 Å². The van der Waals surface area contributed by atoms with E-state index in [4.69, 9.17) is 4.74 Å². The number of halogens is 3. The number of alkyl halides is 3. The fourth-order valence-electron chi connectivity index (χ4n) is 4.25. The van der Waals surface area contributed by atoms with E-state index in [2.05, 4.69) is 34.4 Å². The predicted octanol–water partition coefficient (Wildman–Crippen LogP) is 7.89. The van der Waals surface area contributed by atoms with Crippen LogP contribution in [0, 0.1) is 5.92 Å². The number of nitrogens with one attached hydrogen (secondary N) is 2. The van der Waals surface area contributed by atoms with E-state index in [9.17, 15) is 13.2 Å². The van der Waals surface area contributed by atoms with Crippen molar-refractivity contribution in [2.75, 3.05) is 10.6 Å². The van der Waals surface area contributed by atoms with Crippen molar-refractivity contribution >= 4 is 23.1 Å². The molecule has 1 fully saturated rings. The summed E-state index contributed by atoms with van der Waals surface area (Å²) >= 11 is 0. The van der Waals surface area contributed by atoms with Gasteiger partial charge >= 0.3 is 6.18 Å². The number of hydrogen-bond donors (Lipinski definition) is 2. The minimum absolute atomic E-state index is 0.0720. The first-order chi connectivity index (χ1) is 16.8. The van der Waals surface area contributed by atoms with Crippen molar-refractivity contribution in [3.8, 4) is 5.75 Å². The fourth-order valence-corrected chi connectivity index (χ4v) is 4.25. The molecule has 4 rings (SSSR count). The van der Waals surface area contributed by atoms with E-state index in [0.717, 1.165) is 36.8 Å². The van der Waals surface area contributed by atoms with Gasteiger partial charge in [-0.3, -0.25) is 0 Å². The van der Waals surface area contributed by atoms with Gasteiger partial charge in [0, 0.05) is 17.6 Å². The lowest BCUT2D eigenvalue weighted by Gasteiger charge is -2.23. The van der Waals surface area contributed by atoms with Gasteiger partial charge in [-0.2, -0.15) is 18.2 Å². The molecule has 3 aromatic rings. The Morgan fingerprint density at radius 3 is 2.37 bits per heavy atom. The van der Waals surface area contributed by atoms with Gasteiger partial charge in [0.2, 0.25) is 5.95 Å². The molecule has 0 unspecified atom stereocenters. The number of rotatable bonds is 8. The van der Waals surface area contributed by atoms with Crippen molar-refractivity contribution < 1.29 is 17.9 Å². The first-order valence-electron chi connectivity index (χ1n) is 12.1. The Hall–Kier alpha value is -3.29. The molecule has 1 heterocycles. The number of hydrogen-bond acceptors (Lipinski definition) is 5. The number of benzene rings is 2. The second-order valence-corrected chi connectivity index (χ2v) is 9.36. The largest absolute Gasteiger partial charge is 0.490 e. The molecule has 0 amide bonds. The summed E-state index contributed by atoms with van der Waals surface area (Å²) in [7, 11) is 0. The molecule has 0 saturated heterocycles. The molecule has 2 N–H and O–H groups in total. The van der Waals surface area contributed by atoms with Crippen molar-refractivity contribution in [1.29, 1.82) is 0 Å². The lowest BCUT2D eigenvalue weighted by Crippen LogP contribution is -2.19. The van der Waals surface area contributed by atoms with Gasteiger partial charge in [-0.05, 0) is 73.9 Å². The number of anilines is 4. The number of aromatic nitrogens is 2. The van der Waals surface area contributed by atoms with Crippen LogP contribution >= 0.6 is 0 Å². The normalized spacial score (nSPS) is 14.7. The van der Waals surface area contributed by atoms with Crippen LogP contribution in [0.25, 0.3) is 0 Å². The summed E-state index contributed by atoms with van der Waals surface area (Å²) in [6.07, 6.45) is 2.96. The van der Waals surface area contributed by atoms with Crippen molar-refractivity contribution in [1.82, 2.24) is 9.97 Å². The smallest absolute Gasteiger partial charge is 0.421 e. The number of nitrogens with zero attached hydrogens (tertiary/aromatic N) is 2. The highest BCUT2D eigenvalue weighted by atomic mass is 19.4. The Morgan fingerprint density at radius 1 is 0.971 bits per heavy atom. The number of para-hydroxylation sites is 1. The van der Waals surface area contributed by atoms with Gasteiger partial charge in [-0.15, -0.1) is 0 Å². The van der Waals surface area contributed by atoms with Gasteiger partial charge in [0.05, 0.1) is 6.10 Å². The molecule has 1 aromatic heterocycles. The van der Waals surface area contributed by atoms with Gasteiger partial charge in [0.25, 0.3) is 0 Å². The minimum Gasteiger partial charge on any atom is -0.490 e. The molecule has 2 aromatic carbocycles. The van der Waals surface area contributed by atoms with Crippen LogP contribution in [0.5, 0.6) is 5.75 Å². The Labute approximate surface area is 204 Å². The standard InChI is InChI=1S/C27H31F3N4O/c1-18(2)16-19-8-6-7-11-24(19)33-25-23(27(28,29)30)17-31-26(34-25)32-20-12-14-22(15-13-20)35-21-9-4-3-5-10-21/h6-8,11-15,17-18,21H,3-5,9-10,16H2,1-2H3,(H2,31,32,33,34). The van der Waals surface area contributed by atoms with Crippen molar-refractivity contribution in [2.24, 2.45) is 5.92 Å². The maximum absolute atomic E-state index is 13.7. The van der Waals surface area contributed by atoms with Crippen LogP contribution in [-0.4, -0.2) is 16.1 Å². The molecule has 35 heavy (non-hydrogen) atoms. The molecule has 5 nitrogen and oxygen atoms in total. The summed E-state index contributed by atoms with van der Waals surface area (Å²) in [4.78, 5) is 8.10. The van der Waals surface area contributed by atoms with Crippen LogP contribution in [0.1, 0.15) is 57.1 Å². The van der Waals surface area contributed by atoms with Gasteiger partial charge in [0.1, 0.15) is 17.1 Å². The second kappa shape index (κ2) is 11.0. The first kappa shape index (κ1) is 24.8. The Balaban J connectivity index is 1.53. The molecule has 1 saturated carbocycles. The summed E-state index contributed by atoms with van der Waals surface area (Å²) in [5.41, 5.74) is 1.27. The Morgan fingerprint density at radius 2 is 1.69 bits per heavy atom.